The first-order chi connectivity index (χ1) is 6.72. The molecule has 0 unspecified atom stereocenters. The zero-order chi connectivity index (χ0) is 12.2. The second-order valence-corrected chi connectivity index (χ2v) is 4.44. The first-order valence-electron chi connectivity index (χ1n) is 5.56. The second kappa shape index (κ2) is 5.59. The highest BCUT2D eigenvalue weighted by Gasteiger charge is 2.35. The molecule has 0 bridgehead atoms. The summed E-state index contributed by atoms with van der Waals surface area (Å²) in [5.74, 6) is 0. The third kappa shape index (κ3) is 4.28. The van der Waals surface area contributed by atoms with E-state index in [1.165, 1.54) is 4.81 Å². The molecule has 0 saturated carbocycles. The van der Waals surface area contributed by atoms with Gasteiger partial charge in [0.2, 0.25) is 0 Å². The minimum atomic E-state index is -3.78. The average Bonchev–Trinajstić information content (AvgIpc) is 2.00. The minimum absolute atomic E-state index is 0.201. The molecule has 0 aromatic heterocycles. The maximum Gasteiger partial charge on any atom is 0.510 e. The van der Waals surface area contributed by atoms with Crippen LogP contribution < -0.4 is 0 Å². The van der Waals surface area contributed by atoms with Crippen LogP contribution in [-0.4, -0.2) is 29.6 Å². The lowest BCUT2D eigenvalue weighted by atomic mass is 9.90. The van der Waals surface area contributed by atoms with Gasteiger partial charge in [0, 0.05) is 0 Å². The van der Waals surface area contributed by atoms with E-state index in [9.17, 15) is 8.63 Å². The lowest BCUT2D eigenvalue weighted by molar-refractivity contribution is 0.237. The highest BCUT2D eigenvalue weighted by molar-refractivity contribution is 6.62. The van der Waals surface area contributed by atoms with E-state index >= 15 is 0 Å². The molecule has 0 spiro atoms. The molecule has 0 N–H and O–H groups in total. The monoisotopic (exact) mass is 219 g/mol. The maximum atomic E-state index is 13.8. The van der Waals surface area contributed by atoms with Gasteiger partial charge in [-0.15, -0.1) is 0 Å². The summed E-state index contributed by atoms with van der Waals surface area (Å²) in [4.78, 5) is 4.72. The Morgan fingerprint density at radius 2 is 1.60 bits per heavy atom. The van der Waals surface area contributed by atoms with Crippen LogP contribution in [0.5, 0.6) is 0 Å². The molecule has 5 heteroatoms. The Labute approximate surface area is 91.8 Å². The molecular weight excluding hydrogens is 197 g/mol. The highest BCUT2D eigenvalue weighted by atomic mass is 19.2. The number of rotatable bonds is 5. The van der Waals surface area contributed by atoms with Crippen molar-refractivity contribution in [2.75, 3.05) is 0 Å². The molecule has 0 aliphatic rings. The summed E-state index contributed by atoms with van der Waals surface area (Å²) in [6.07, 6.45) is 0.571. The van der Waals surface area contributed by atoms with Crippen LogP contribution in [0.2, 0.25) is 0 Å². The third-order valence-electron chi connectivity index (χ3n) is 2.44. The maximum absolute atomic E-state index is 13.8. The summed E-state index contributed by atoms with van der Waals surface area (Å²) in [6, 6.07) is -0.401. The summed E-state index contributed by atoms with van der Waals surface area (Å²) in [7, 11) is 0. The van der Waals surface area contributed by atoms with Crippen LogP contribution in [0.25, 0.3) is 0 Å². The molecular formula is C10H22BF2N2-. The molecule has 0 aromatic rings. The lowest BCUT2D eigenvalue weighted by Gasteiger charge is -2.43. The predicted octanol–water partition coefficient (Wildman–Crippen LogP) is 3.35. The molecule has 0 radical (unpaired) electrons. The van der Waals surface area contributed by atoms with Gasteiger partial charge in [-0.3, -0.25) is 0 Å². The average molecular weight is 219 g/mol. The highest BCUT2D eigenvalue weighted by Crippen LogP contribution is 2.22. The van der Waals surface area contributed by atoms with Gasteiger partial charge in [0.25, 0.3) is 0 Å². The van der Waals surface area contributed by atoms with E-state index < -0.39 is 6.97 Å². The van der Waals surface area contributed by atoms with E-state index in [0.717, 1.165) is 0 Å². The molecule has 90 valence electrons. The molecule has 0 aliphatic heterocycles. The topological polar surface area (TPSA) is 15.6 Å². The fourth-order valence-electron chi connectivity index (χ4n) is 1.74. The Bertz CT molecular complexity index is 219. The first-order valence-corrected chi connectivity index (χ1v) is 5.56. The van der Waals surface area contributed by atoms with Crippen LogP contribution in [0.4, 0.5) is 8.63 Å². The first kappa shape index (κ1) is 14.6. The number of hydrogen-bond donors (Lipinski definition) is 0. The van der Waals surface area contributed by atoms with Crippen LogP contribution in [0.1, 0.15) is 48.0 Å². The van der Waals surface area contributed by atoms with Crippen molar-refractivity contribution in [2.45, 2.75) is 60.0 Å². The van der Waals surface area contributed by atoms with Gasteiger partial charge < -0.3 is 18.3 Å². The van der Waals surface area contributed by atoms with Crippen molar-refractivity contribution in [2.24, 2.45) is 4.90 Å². The largest absolute Gasteiger partial charge is 0.510 e. The van der Waals surface area contributed by atoms with Gasteiger partial charge in [-0.25, -0.2) is 0 Å². The molecule has 0 heterocycles. The number of nitrogens with zero attached hydrogens (tertiary/aromatic N) is 2. The van der Waals surface area contributed by atoms with Crippen molar-refractivity contribution < 1.29 is 8.63 Å². The van der Waals surface area contributed by atoms with Crippen LogP contribution in [0.15, 0.2) is 4.90 Å². The van der Waals surface area contributed by atoms with Crippen molar-refractivity contribution in [3.8, 4) is 0 Å². The molecule has 0 amide bonds. The van der Waals surface area contributed by atoms with Gasteiger partial charge in [0.1, 0.15) is 0 Å². The Morgan fingerprint density at radius 1 is 1.20 bits per heavy atom. The molecule has 0 rings (SSSR count). The molecule has 0 fully saturated rings. The zero-order valence-corrected chi connectivity index (χ0v) is 10.6. The zero-order valence-electron chi connectivity index (χ0n) is 10.6. The Morgan fingerprint density at radius 3 is 1.87 bits per heavy atom. The Hall–Kier alpha value is -0.445. The molecule has 2 nitrogen and oxygen atoms in total. The van der Waals surface area contributed by atoms with Crippen LogP contribution >= 0.6 is 0 Å². The Balaban J connectivity index is 4.95. The molecule has 15 heavy (non-hydrogen) atoms. The summed E-state index contributed by atoms with van der Waals surface area (Å²) in [5, 5.41) is 0. The smallest absolute Gasteiger partial charge is 0.442 e. The Kier molecular flexibility index (Phi) is 5.42. The SMILES string of the molecule is CC/C(C)=N/[B-](F)(F)N(C(C)C)C(C)C. The van der Waals surface area contributed by atoms with E-state index in [1.807, 2.05) is 6.92 Å². The summed E-state index contributed by atoms with van der Waals surface area (Å²) in [6.45, 7) is 6.78. The second-order valence-electron chi connectivity index (χ2n) is 4.44. The summed E-state index contributed by atoms with van der Waals surface area (Å²) >= 11 is 0. The fraction of sp³-hybridized carbons (Fsp3) is 0.900. The van der Waals surface area contributed by atoms with Gasteiger partial charge in [0.05, 0.1) is 0 Å². The standard InChI is InChI=1S/C10H22BF2N2/c1-7-10(6)14-11(12,13)15(8(2)3)9(4)5/h8-9H,7H2,1-6H3/q-1/b14-10+. The molecule has 0 atom stereocenters. The number of halogens is 2. The quantitative estimate of drug-likeness (QED) is 0.511. The molecule has 0 aromatic carbocycles. The van der Waals surface area contributed by atoms with Gasteiger partial charge in [-0.2, -0.15) is 0 Å². The molecule has 0 aliphatic carbocycles. The summed E-state index contributed by atoms with van der Waals surface area (Å²) in [5.41, 5.74) is 0.506. The van der Waals surface area contributed by atoms with Gasteiger partial charge >= 0.3 is 6.97 Å². The normalized spacial score (nSPS) is 14.5. The van der Waals surface area contributed by atoms with Crippen LogP contribution in [0, 0.1) is 0 Å². The van der Waals surface area contributed by atoms with E-state index in [4.69, 9.17) is 0 Å². The van der Waals surface area contributed by atoms with Gasteiger partial charge in [-0.1, -0.05) is 34.6 Å². The van der Waals surface area contributed by atoms with E-state index in [0.29, 0.717) is 12.1 Å². The third-order valence-corrected chi connectivity index (χ3v) is 2.44. The van der Waals surface area contributed by atoms with Gasteiger partial charge in [0.15, 0.2) is 0 Å². The minimum Gasteiger partial charge on any atom is -0.442 e. The van der Waals surface area contributed by atoms with E-state index in [2.05, 4.69) is 4.90 Å². The fourth-order valence-corrected chi connectivity index (χ4v) is 1.74. The number of hydrogen-bond acceptors (Lipinski definition) is 2. The van der Waals surface area contributed by atoms with Crippen molar-refractivity contribution >= 4 is 12.7 Å². The predicted molar refractivity (Wildman–Crippen MR) is 63.5 cm³/mol. The van der Waals surface area contributed by atoms with Crippen LogP contribution in [0.3, 0.4) is 0 Å². The summed E-state index contributed by atoms with van der Waals surface area (Å²) < 4.78 is 27.7. The van der Waals surface area contributed by atoms with Gasteiger partial charge in [-0.05, 0) is 31.1 Å². The van der Waals surface area contributed by atoms with Crippen molar-refractivity contribution in [1.29, 1.82) is 0 Å². The van der Waals surface area contributed by atoms with E-state index in [1.54, 1.807) is 34.6 Å². The van der Waals surface area contributed by atoms with E-state index in [-0.39, 0.29) is 12.1 Å². The van der Waals surface area contributed by atoms with Crippen LogP contribution in [-0.2, 0) is 0 Å². The van der Waals surface area contributed by atoms with Crippen molar-refractivity contribution in [1.82, 2.24) is 4.81 Å². The van der Waals surface area contributed by atoms with Crippen molar-refractivity contribution in [3.63, 3.8) is 0 Å². The van der Waals surface area contributed by atoms with Crippen molar-refractivity contribution in [3.05, 3.63) is 0 Å². The lowest BCUT2D eigenvalue weighted by Crippen LogP contribution is -2.53. The molecule has 0 saturated heterocycles.